The average Bonchev–Trinajstić information content (AvgIpc) is 3.19. The molecule has 0 atom stereocenters. The molecule has 1 aromatic carbocycles. The van der Waals surface area contributed by atoms with E-state index in [1.54, 1.807) is 24.3 Å². The zero-order valence-electron chi connectivity index (χ0n) is 16.6. The van der Waals surface area contributed by atoms with Gasteiger partial charge in [-0.3, -0.25) is 10.1 Å². The molecule has 30 heavy (non-hydrogen) atoms. The van der Waals surface area contributed by atoms with E-state index < -0.39 is 21.0 Å². The van der Waals surface area contributed by atoms with Gasteiger partial charge in [-0.25, -0.2) is 8.42 Å². The van der Waals surface area contributed by atoms with E-state index in [1.165, 1.54) is 27.0 Å². The molecule has 1 amide bonds. The van der Waals surface area contributed by atoms with Crippen LogP contribution in [0.5, 0.6) is 11.5 Å². The number of amides is 1. The van der Waals surface area contributed by atoms with Crippen molar-refractivity contribution >= 4 is 38.5 Å². The highest BCUT2D eigenvalue weighted by Crippen LogP contribution is 2.29. The number of hydrogen-bond acceptors (Lipinski definition) is 9. The lowest BCUT2D eigenvalue weighted by molar-refractivity contribution is -0.112. The first kappa shape index (κ1) is 23.1. The highest BCUT2D eigenvalue weighted by molar-refractivity contribution is 7.91. The first-order valence-corrected chi connectivity index (χ1v) is 11.0. The highest BCUT2D eigenvalue weighted by Gasteiger charge is 2.25. The second-order valence-corrected chi connectivity index (χ2v) is 9.26. The number of aromatic nitrogens is 2. The summed E-state index contributed by atoms with van der Waals surface area (Å²) in [6.07, 6.45) is 2.96. The summed E-state index contributed by atoms with van der Waals surface area (Å²) in [5, 5.41) is 10.7. The smallest absolute Gasteiger partial charge is 0.268 e. The van der Waals surface area contributed by atoms with Gasteiger partial charge in [-0.05, 0) is 37.6 Å². The molecule has 9 nitrogen and oxygen atoms in total. The molecule has 0 aliphatic carbocycles. The van der Waals surface area contributed by atoms with Crippen LogP contribution in [0.3, 0.4) is 0 Å². The van der Waals surface area contributed by atoms with Crippen LogP contribution >= 0.6 is 11.5 Å². The zero-order valence-corrected chi connectivity index (χ0v) is 18.2. The SMILES string of the molecule is C=CCOc1ccc(C=C(C#N)C(=O)Nc2nc(S(=O)(=O)C(C)C)ns2)cc1OC. The summed E-state index contributed by atoms with van der Waals surface area (Å²) >= 11 is 0.718. The van der Waals surface area contributed by atoms with Gasteiger partial charge in [0.25, 0.3) is 11.1 Å². The lowest BCUT2D eigenvalue weighted by Crippen LogP contribution is -2.16. The zero-order chi connectivity index (χ0) is 22.3. The summed E-state index contributed by atoms with van der Waals surface area (Å²) < 4.78 is 38.7. The number of sulfone groups is 1. The summed E-state index contributed by atoms with van der Waals surface area (Å²) in [4.78, 5) is 16.3. The fourth-order valence-electron chi connectivity index (χ4n) is 2.11. The van der Waals surface area contributed by atoms with Gasteiger partial charge in [0, 0.05) is 11.5 Å². The van der Waals surface area contributed by atoms with Gasteiger partial charge < -0.3 is 9.47 Å². The summed E-state index contributed by atoms with van der Waals surface area (Å²) in [5.41, 5.74) is 0.324. The molecule has 0 saturated heterocycles. The van der Waals surface area contributed by atoms with Gasteiger partial charge in [0.2, 0.25) is 15.0 Å². The van der Waals surface area contributed by atoms with E-state index in [0.29, 0.717) is 23.7 Å². The molecule has 0 spiro atoms. The summed E-state index contributed by atoms with van der Waals surface area (Å²) in [6, 6.07) is 6.73. The maximum atomic E-state index is 12.4. The van der Waals surface area contributed by atoms with Crippen molar-refractivity contribution in [1.82, 2.24) is 9.36 Å². The van der Waals surface area contributed by atoms with E-state index in [2.05, 4.69) is 21.3 Å². The van der Waals surface area contributed by atoms with Crippen molar-refractivity contribution in [2.24, 2.45) is 0 Å². The average molecular weight is 449 g/mol. The molecule has 158 valence electrons. The standard InChI is InChI=1S/C19H20N4O5S2/c1-5-8-28-15-7-6-13(10-16(15)27-4)9-14(11-20)17(24)21-18-22-19(23-29-18)30(25,26)12(2)3/h5-7,9-10,12H,1,8H2,2-4H3,(H,21,22,23,24). The maximum Gasteiger partial charge on any atom is 0.268 e. The minimum Gasteiger partial charge on any atom is -0.493 e. The van der Waals surface area contributed by atoms with Crippen LogP contribution in [0.15, 0.2) is 41.6 Å². The number of nitrogens with one attached hydrogen (secondary N) is 1. The number of nitrogens with zero attached hydrogens (tertiary/aromatic N) is 3. The predicted molar refractivity (Wildman–Crippen MR) is 113 cm³/mol. The fraction of sp³-hybridized carbons (Fsp3) is 0.263. The van der Waals surface area contributed by atoms with Gasteiger partial charge in [-0.15, -0.1) is 0 Å². The normalized spacial score (nSPS) is 11.6. The molecule has 1 aromatic heterocycles. The van der Waals surface area contributed by atoms with Gasteiger partial charge in [0.15, 0.2) is 11.5 Å². The van der Waals surface area contributed by atoms with Crippen molar-refractivity contribution < 1.29 is 22.7 Å². The maximum absolute atomic E-state index is 12.4. The quantitative estimate of drug-likeness (QED) is 0.352. The van der Waals surface area contributed by atoms with E-state index in [9.17, 15) is 18.5 Å². The molecular formula is C19H20N4O5S2. The Balaban J connectivity index is 2.23. The Morgan fingerprint density at radius 3 is 2.73 bits per heavy atom. The second kappa shape index (κ2) is 10.00. The molecule has 2 rings (SSSR count). The Morgan fingerprint density at radius 1 is 1.40 bits per heavy atom. The van der Waals surface area contributed by atoms with Crippen molar-refractivity contribution in [2.45, 2.75) is 24.3 Å². The number of rotatable bonds is 9. The Kier molecular flexibility index (Phi) is 7.68. The van der Waals surface area contributed by atoms with Crippen molar-refractivity contribution in [3.8, 4) is 17.6 Å². The topological polar surface area (TPSA) is 131 Å². The van der Waals surface area contributed by atoms with E-state index in [-0.39, 0.29) is 15.9 Å². The largest absolute Gasteiger partial charge is 0.493 e. The number of anilines is 1. The van der Waals surface area contributed by atoms with Crippen LogP contribution in [0.2, 0.25) is 0 Å². The molecule has 1 N–H and O–H groups in total. The molecular weight excluding hydrogens is 428 g/mol. The van der Waals surface area contributed by atoms with Gasteiger partial charge in [-0.2, -0.15) is 14.6 Å². The van der Waals surface area contributed by atoms with E-state index in [4.69, 9.17) is 9.47 Å². The Bertz CT molecular complexity index is 1110. The van der Waals surface area contributed by atoms with Crippen molar-refractivity contribution in [3.63, 3.8) is 0 Å². The first-order valence-electron chi connectivity index (χ1n) is 8.65. The third kappa shape index (κ3) is 5.43. The highest BCUT2D eigenvalue weighted by atomic mass is 32.2. The third-order valence-corrected chi connectivity index (χ3v) is 6.40. The predicted octanol–water partition coefficient (Wildman–Crippen LogP) is 2.84. The summed E-state index contributed by atoms with van der Waals surface area (Å²) in [6.45, 7) is 6.89. The van der Waals surface area contributed by atoms with Gasteiger partial charge in [-0.1, -0.05) is 18.7 Å². The number of carbonyl (C=O) groups is 1. The van der Waals surface area contributed by atoms with Crippen LogP contribution in [0, 0.1) is 11.3 Å². The molecule has 0 bridgehead atoms. The van der Waals surface area contributed by atoms with Crippen LogP contribution in [0.4, 0.5) is 5.13 Å². The summed E-state index contributed by atoms with van der Waals surface area (Å²) in [5.74, 6) is 0.175. The first-order chi connectivity index (χ1) is 14.2. The van der Waals surface area contributed by atoms with Crippen LogP contribution in [-0.2, 0) is 14.6 Å². The second-order valence-electron chi connectivity index (χ2n) is 6.11. The molecule has 2 aromatic rings. The minimum absolute atomic E-state index is 0.0221. The van der Waals surface area contributed by atoms with Crippen LogP contribution in [0.1, 0.15) is 19.4 Å². The molecule has 0 unspecified atom stereocenters. The molecule has 1 heterocycles. The number of benzene rings is 1. The Morgan fingerprint density at radius 2 is 2.13 bits per heavy atom. The van der Waals surface area contributed by atoms with Crippen LogP contribution < -0.4 is 14.8 Å². The van der Waals surface area contributed by atoms with E-state index in [0.717, 1.165) is 11.5 Å². The Hall–Kier alpha value is -3.23. The number of ether oxygens (including phenoxy) is 2. The Labute approximate surface area is 178 Å². The number of carbonyl (C=O) groups excluding carboxylic acids is 1. The lowest BCUT2D eigenvalue weighted by atomic mass is 10.1. The third-order valence-electron chi connectivity index (χ3n) is 3.72. The minimum atomic E-state index is -3.66. The van der Waals surface area contributed by atoms with Gasteiger partial charge in [0.05, 0.1) is 12.4 Å². The van der Waals surface area contributed by atoms with Gasteiger partial charge >= 0.3 is 0 Å². The van der Waals surface area contributed by atoms with Gasteiger partial charge in [0.1, 0.15) is 18.2 Å². The molecule has 11 heteroatoms. The molecule has 0 radical (unpaired) electrons. The van der Waals surface area contributed by atoms with Crippen molar-refractivity contribution in [2.75, 3.05) is 19.0 Å². The molecule has 0 aliphatic rings. The number of methoxy groups -OCH3 is 1. The number of nitriles is 1. The lowest BCUT2D eigenvalue weighted by Gasteiger charge is -2.10. The molecule has 0 fully saturated rings. The van der Waals surface area contributed by atoms with E-state index in [1.807, 2.05) is 6.07 Å². The molecule has 0 aliphatic heterocycles. The monoisotopic (exact) mass is 448 g/mol. The fourth-order valence-corrected chi connectivity index (χ4v) is 3.81. The van der Waals surface area contributed by atoms with Crippen LogP contribution in [0.25, 0.3) is 6.08 Å². The molecule has 0 saturated carbocycles. The van der Waals surface area contributed by atoms with Crippen molar-refractivity contribution in [3.05, 3.63) is 42.0 Å². The summed E-state index contributed by atoms with van der Waals surface area (Å²) in [7, 11) is -2.19. The number of hydrogen-bond donors (Lipinski definition) is 1. The van der Waals surface area contributed by atoms with Crippen LogP contribution in [-0.4, -0.2) is 42.6 Å². The van der Waals surface area contributed by atoms with Crippen molar-refractivity contribution in [1.29, 1.82) is 5.26 Å². The van der Waals surface area contributed by atoms with E-state index >= 15 is 0 Å².